The number of nitriles is 1. The molecule has 1 atom stereocenters. The van der Waals surface area contributed by atoms with Gasteiger partial charge in [-0.15, -0.1) is 0 Å². The van der Waals surface area contributed by atoms with Crippen molar-refractivity contribution in [2.24, 2.45) is 5.10 Å². The zero-order valence-electron chi connectivity index (χ0n) is 13.2. The Morgan fingerprint density at radius 3 is 2.91 bits per heavy atom. The second-order valence-electron chi connectivity index (χ2n) is 5.52. The smallest absolute Gasteiger partial charge is 0.331 e. The number of hydrogen-bond donors (Lipinski definition) is 2. The Kier molecular flexibility index (Phi) is 5.19. The number of benzene rings is 1. The summed E-state index contributed by atoms with van der Waals surface area (Å²) in [6.45, 7) is 4.19. The number of hydrazine groups is 1. The van der Waals surface area contributed by atoms with Crippen molar-refractivity contribution in [2.45, 2.75) is 38.6 Å². The molecule has 0 radical (unpaired) electrons. The van der Waals surface area contributed by atoms with E-state index in [4.69, 9.17) is 4.74 Å². The molecule has 122 valence electrons. The molecule has 7 heteroatoms. The Labute approximate surface area is 135 Å². The molecule has 2 N–H and O–H groups in total. The molecular formula is C16H20N4O3. The largest absolute Gasteiger partial charge is 0.492 e. The maximum atomic E-state index is 11.2. The highest BCUT2D eigenvalue weighted by molar-refractivity contribution is 6.00. The summed E-state index contributed by atoms with van der Waals surface area (Å²) in [5.41, 5.74) is 2.47. The minimum absolute atomic E-state index is 0.389. The van der Waals surface area contributed by atoms with Crippen LogP contribution in [0.4, 0.5) is 5.69 Å². The van der Waals surface area contributed by atoms with Gasteiger partial charge in [-0.3, -0.25) is 0 Å². The van der Waals surface area contributed by atoms with Crippen LogP contribution in [0.3, 0.4) is 0 Å². The van der Waals surface area contributed by atoms with Gasteiger partial charge < -0.3 is 9.84 Å². The van der Waals surface area contributed by atoms with E-state index in [2.05, 4.69) is 23.5 Å². The second-order valence-corrected chi connectivity index (χ2v) is 5.52. The Hall–Kier alpha value is -2.59. The lowest BCUT2D eigenvalue weighted by molar-refractivity contribution is -0.140. The van der Waals surface area contributed by atoms with E-state index in [1.165, 1.54) is 18.3 Å². The number of carboxylic acid groups (broad SMARTS) is 1. The minimum atomic E-state index is -1.26. The van der Waals surface area contributed by atoms with Crippen LogP contribution in [0.2, 0.25) is 0 Å². The first kappa shape index (κ1) is 16.8. The number of ether oxygens (including phenoxy) is 1. The molecule has 1 unspecified atom stereocenters. The predicted molar refractivity (Wildman–Crippen MR) is 86.3 cm³/mol. The molecule has 23 heavy (non-hydrogen) atoms. The first-order valence-corrected chi connectivity index (χ1v) is 7.53. The summed E-state index contributed by atoms with van der Waals surface area (Å²) >= 11 is 0. The monoisotopic (exact) mass is 316 g/mol. The molecule has 1 aliphatic rings. The second kappa shape index (κ2) is 7.11. The lowest BCUT2D eigenvalue weighted by atomic mass is 10.1. The van der Waals surface area contributed by atoms with E-state index in [9.17, 15) is 15.2 Å². The fraction of sp³-hybridized carbons (Fsp3) is 0.438. The van der Waals surface area contributed by atoms with Gasteiger partial charge in [0.05, 0.1) is 24.1 Å². The van der Waals surface area contributed by atoms with Gasteiger partial charge in [-0.1, -0.05) is 19.8 Å². The Balaban J connectivity index is 2.10. The Morgan fingerprint density at radius 2 is 2.30 bits per heavy atom. The number of carboxylic acids is 1. The average Bonchev–Trinajstić information content (AvgIpc) is 2.95. The van der Waals surface area contributed by atoms with Crippen LogP contribution in [0, 0.1) is 11.3 Å². The topological polar surface area (TPSA) is 97.9 Å². The minimum Gasteiger partial charge on any atom is -0.492 e. The summed E-state index contributed by atoms with van der Waals surface area (Å²) in [5.74, 6) is -0.503. The first-order chi connectivity index (χ1) is 11.0. The maximum Gasteiger partial charge on any atom is 0.331 e. The van der Waals surface area contributed by atoms with E-state index in [1.54, 1.807) is 18.2 Å². The van der Waals surface area contributed by atoms with Crippen molar-refractivity contribution in [3.05, 3.63) is 23.8 Å². The standard InChI is InChI=1S/C16H20N4O3/c1-3-4-5-8-23-14-7-6-13(9-12(14)10-17)20-18-11-16(2,19-20)15(21)22/h6-7,9,11,19H,3-5,8H2,1-2H3,(H,21,22). The third kappa shape index (κ3) is 3.79. The van der Waals surface area contributed by atoms with Crippen molar-refractivity contribution in [3.63, 3.8) is 0 Å². The van der Waals surface area contributed by atoms with Gasteiger partial charge in [-0.25, -0.2) is 4.79 Å². The van der Waals surface area contributed by atoms with Crippen molar-refractivity contribution < 1.29 is 14.6 Å². The van der Waals surface area contributed by atoms with Gasteiger partial charge in [0.2, 0.25) is 0 Å². The van der Waals surface area contributed by atoms with Crippen molar-refractivity contribution in [1.82, 2.24) is 5.43 Å². The van der Waals surface area contributed by atoms with Crippen LogP contribution < -0.4 is 15.3 Å². The molecule has 0 amide bonds. The van der Waals surface area contributed by atoms with Crippen LogP contribution in [0.5, 0.6) is 5.75 Å². The molecule has 1 aromatic carbocycles. The molecule has 0 saturated carbocycles. The van der Waals surface area contributed by atoms with Crippen molar-refractivity contribution in [2.75, 3.05) is 11.7 Å². The number of carbonyl (C=O) groups is 1. The maximum absolute atomic E-state index is 11.2. The highest BCUT2D eigenvalue weighted by Gasteiger charge is 2.37. The first-order valence-electron chi connectivity index (χ1n) is 7.53. The predicted octanol–water partition coefficient (Wildman–Crippen LogP) is 2.28. The zero-order chi connectivity index (χ0) is 16.9. The molecule has 2 rings (SSSR count). The highest BCUT2D eigenvalue weighted by atomic mass is 16.5. The average molecular weight is 316 g/mol. The molecule has 0 aromatic heterocycles. The number of hydrazone groups is 1. The molecule has 0 bridgehead atoms. The molecule has 1 heterocycles. The van der Waals surface area contributed by atoms with E-state index >= 15 is 0 Å². The van der Waals surface area contributed by atoms with Gasteiger partial charge in [-0.05, 0) is 31.5 Å². The summed E-state index contributed by atoms with van der Waals surface area (Å²) in [5, 5.41) is 23.8. The van der Waals surface area contributed by atoms with Crippen LogP contribution in [-0.4, -0.2) is 29.4 Å². The number of anilines is 1. The summed E-state index contributed by atoms with van der Waals surface area (Å²) in [7, 11) is 0. The number of aliphatic carboxylic acids is 1. The van der Waals surface area contributed by atoms with Gasteiger partial charge >= 0.3 is 5.97 Å². The van der Waals surface area contributed by atoms with Crippen LogP contribution in [-0.2, 0) is 4.79 Å². The molecule has 1 aliphatic heterocycles. The number of unbranched alkanes of at least 4 members (excludes halogenated alkanes) is 2. The molecule has 0 saturated heterocycles. The van der Waals surface area contributed by atoms with E-state index in [-0.39, 0.29) is 0 Å². The fourth-order valence-electron chi connectivity index (χ4n) is 2.08. The van der Waals surface area contributed by atoms with Crippen molar-refractivity contribution in [1.29, 1.82) is 5.26 Å². The van der Waals surface area contributed by atoms with Crippen LogP contribution in [0.25, 0.3) is 0 Å². The van der Waals surface area contributed by atoms with Crippen LogP contribution in [0.15, 0.2) is 23.3 Å². The number of hydrogen-bond acceptors (Lipinski definition) is 6. The van der Waals surface area contributed by atoms with E-state index in [0.29, 0.717) is 23.6 Å². The van der Waals surface area contributed by atoms with Gasteiger partial charge in [0.15, 0.2) is 5.54 Å². The SMILES string of the molecule is CCCCCOc1ccc(N2N=CC(C)(C(=O)O)N2)cc1C#N. The van der Waals surface area contributed by atoms with Gasteiger partial charge in [0.25, 0.3) is 0 Å². The molecule has 1 aromatic rings. The number of nitrogens with one attached hydrogen (secondary N) is 1. The molecular weight excluding hydrogens is 296 g/mol. The molecule has 0 spiro atoms. The van der Waals surface area contributed by atoms with Gasteiger partial charge in [0, 0.05) is 0 Å². The summed E-state index contributed by atoms with van der Waals surface area (Å²) in [6.07, 6.45) is 4.45. The van der Waals surface area contributed by atoms with Crippen LogP contribution >= 0.6 is 0 Å². The number of nitrogens with zero attached hydrogens (tertiary/aromatic N) is 3. The van der Waals surface area contributed by atoms with E-state index < -0.39 is 11.5 Å². The Morgan fingerprint density at radius 1 is 1.52 bits per heavy atom. The van der Waals surface area contributed by atoms with Gasteiger partial charge in [0.1, 0.15) is 11.8 Å². The van der Waals surface area contributed by atoms with E-state index in [1.807, 2.05) is 0 Å². The normalized spacial score (nSPS) is 19.6. The Bertz CT molecular complexity index is 653. The van der Waals surface area contributed by atoms with Crippen LogP contribution in [0.1, 0.15) is 38.7 Å². The number of rotatable bonds is 7. The molecule has 0 fully saturated rings. The van der Waals surface area contributed by atoms with E-state index in [0.717, 1.165) is 19.3 Å². The zero-order valence-corrected chi connectivity index (χ0v) is 13.2. The summed E-state index contributed by atoms with van der Waals surface area (Å²) < 4.78 is 5.63. The summed E-state index contributed by atoms with van der Waals surface area (Å²) in [6, 6.07) is 7.15. The third-order valence-electron chi connectivity index (χ3n) is 3.55. The highest BCUT2D eigenvalue weighted by Crippen LogP contribution is 2.26. The fourth-order valence-corrected chi connectivity index (χ4v) is 2.08. The van der Waals surface area contributed by atoms with Gasteiger partial charge in [-0.2, -0.15) is 20.9 Å². The quantitative estimate of drug-likeness (QED) is 0.749. The molecule has 0 aliphatic carbocycles. The lowest BCUT2D eigenvalue weighted by Crippen LogP contribution is -2.51. The van der Waals surface area contributed by atoms with Crippen molar-refractivity contribution >= 4 is 17.9 Å². The third-order valence-corrected chi connectivity index (χ3v) is 3.55. The van der Waals surface area contributed by atoms with Crippen molar-refractivity contribution in [3.8, 4) is 11.8 Å². The molecule has 7 nitrogen and oxygen atoms in total. The lowest BCUT2D eigenvalue weighted by Gasteiger charge is -2.21. The summed E-state index contributed by atoms with van der Waals surface area (Å²) in [4.78, 5) is 11.2.